The summed E-state index contributed by atoms with van der Waals surface area (Å²) >= 11 is 0. The maximum Gasteiger partial charge on any atom is 0.242 e. The molecule has 0 atom stereocenters. The highest BCUT2D eigenvalue weighted by Gasteiger charge is 2.17. The minimum atomic E-state index is -3.56. The average molecular weight is 306 g/mol. The summed E-state index contributed by atoms with van der Waals surface area (Å²) in [7, 11) is -0.279. The van der Waals surface area contributed by atoms with Crippen molar-refractivity contribution in [3.8, 4) is 5.75 Å². The Morgan fingerprint density at radius 3 is 2.33 bits per heavy atom. The van der Waals surface area contributed by atoms with E-state index in [1.54, 1.807) is 50.6 Å². The Kier molecular flexibility index (Phi) is 4.82. The fourth-order valence-electron chi connectivity index (χ4n) is 1.91. The van der Waals surface area contributed by atoms with Crippen molar-refractivity contribution in [2.45, 2.75) is 11.4 Å². The van der Waals surface area contributed by atoms with E-state index in [9.17, 15) is 8.42 Å². The van der Waals surface area contributed by atoms with E-state index in [0.29, 0.717) is 5.69 Å². The minimum absolute atomic E-state index is 0.227. The van der Waals surface area contributed by atoms with Gasteiger partial charge in [-0.25, -0.2) is 13.1 Å². The molecule has 0 aromatic heterocycles. The first-order valence-corrected chi connectivity index (χ1v) is 7.94. The van der Waals surface area contributed by atoms with Gasteiger partial charge in [-0.1, -0.05) is 24.3 Å². The van der Waals surface area contributed by atoms with Gasteiger partial charge in [-0.15, -0.1) is 0 Å². The molecule has 0 aliphatic rings. The molecular weight excluding hydrogens is 288 g/mol. The van der Waals surface area contributed by atoms with Crippen molar-refractivity contribution in [2.24, 2.45) is 0 Å². The minimum Gasteiger partial charge on any atom is -0.497 e. The third-order valence-electron chi connectivity index (χ3n) is 3.07. The molecule has 5 nitrogen and oxygen atoms in total. The number of nitrogens with one attached hydrogen (secondary N) is 2. The second-order valence-corrected chi connectivity index (χ2v) is 6.15. The van der Waals surface area contributed by atoms with E-state index >= 15 is 0 Å². The van der Waals surface area contributed by atoms with Gasteiger partial charge < -0.3 is 10.1 Å². The Labute approximate surface area is 125 Å². The SMILES string of the molecule is CNc1ccccc1S(=O)(=O)NCc1ccc(OC)cc1. The van der Waals surface area contributed by atoms with Crippen molar-refractivity contribution in [3.63, 3.8) is 0 Å². The van der Waals surface area contributed by atoms with Crippen LogP contribution in [0.4, 0.5) is 5.69 Å². The summed E-state index contributed by atoms with van der Waals surface area (Å²) in [6.07, 6.45) is 0. The van der Waals surface area contributed by atoms with Crippen LogP contribution in [0.2, 0.25) is 0 Å². The van der Waals surface area contributed by atoms with Crippen LogP contribution in [0.3, 0.4) is 0 Å². The van der Waals surface area contributed by atoms with Gasteiger partial charge in [-0.3, -0.25) is 0 Å². The second kappa shape index (κ2) is 6.60. The molecule has 0 aliphatic carbocycles. The monoisotopic (exact) mass is 306 g/mol. The molecule has 0 saturated carbocycles. The van der Waals surface area contributed by atoms with Gasteiger partial charge >= 0.3 is 0 Å². The third-order valence-corrected chi connectivity index (χ3v) is 4.53. The highest BCUT2D eigenvalue weighted by molar-refractivity contribution is 7.89. The summed E-state index contributed by atoms with van der Waals surface area (Å²) < 4.78 is 32.3. The summed E-state index contributed by atoms with van der Waals surface area (Å²) in [5, 5.41) is 2.88. The second-order valence-electron chi connectivity index (χ2n) is 4.42. The van der Waals surface area contributed by atoms with E-state index in [2.05, 4.69) is 10.0 Å². The Morgan fingerprint density at radius 2 is 1.71 bits per heavy atom. The number of para-hydroxylation sites is 1. The van der Waals surface area contributed by atoms with Crippen molar-refractivity contribution in [3.05, 3.63) is 54.1 Å². The number of hydrogen-bond donors (Lipinski definition) is 2. The third kappa shape index (κ3) is 3.74. The normalized spacial score (nSPS) is 11.1. The van der Waals surface area contributed by atoms with Crippen molar-refractivity contribution in [1.82, 2.24) is 4.72 Å². The molecule has 0 saturated heterocycles. The van der Waals surface area contributed by atoms with Gasteiger partial charge in [0.25, 0.3) is 0 Å². The summed E-state index contributed by atoms with van der Waals surface area (Å²) in [5.74, 6) is 0.738. The number of sulfonamides is 1. The van der Waals surface area contributed by atoms with Gasteiger partial charge in [-0.05, 0) is 29.8 Å². The lowest BCUT2D eigenvalue weighted by molar-refractivity contribution is 0.414. The lowest BCUT2D eigenvalue weighted by Gasteiger charge is -2.11. The molecule has 2 aromatic carbocycles. The van der Waals surface area contributed by atoms with Crippen molar-refractivity contribution >= 4 is 15.7 Å². The lowest BCUT2D eigenvalue weighted by Crippen LogP contribution is -2.24. The molecule has 2 aromatic rings. The Balaban J connectivity index is 2.13. The number of hydrogen-bond acceptors (Lipinski definition) is 4. The van der Waals surface area contributed by atoms with E-state index in [1.807, 2.05) is 12.1 Å². The van der Waals surface area contributed by atoms with Crippen LogP contribution in [0.5, 0.6) is 5.75 Å². The average Bonchev–Trinajstić information content (AvgIpc) is 2.53. The fraction of sp³-hybridized carbons (Fsp3) is 0.200. The smallest absolute Gasteiger partial charge is 0.242 e. The molecule has 0 bridgehead atoms. The fourth-order valence-corrected chi connectivity index (χ4v) is 3.14. The zero-order valence-corrected chi connectivity index (χ0v) is 12.8. The number of anilines is 1. The molecule has 0 fully saturated rings. The molecule has 0 spiro atoms. The predicted molar refractivity (Wildman–Crippen MR) is 83.0 cm³/mol. The Hall–Kier alpha value is -2.05. The van der Waals surface area contributed by atoms with Gasteiger partial charge in [0, 0.05) is 13.6 Å². The topological polar surface area (TPSA) is 67.4 Å². The first kappa shape index (κ1) is 15.3. The van der Waals surface area contributed by atoms with Gasteiger partial charge in [0.05, 0.1) is 12.8 Å². The Bertz CT molecular complexity index is 697. The molecule has 0 amide bonds. The summed E-state index contributed by atoms with van der Waals surface area (Å²) in [6, 6.07) is 14.0. The maximum absolute atomic E-state index is 12.3. The van der Waals surface area contributed by atoms with Crippen molar-refractivity contribution in [1.29, 1.82) is 0 Å². The Morgan fingerprint density at radius 1 is 1.05 bits per heavy atom. The molecule has 0 unspecified atom stereocenters. The number of benzene rings is 2. The van der Waals surface area contributed by atoms with Crippen LogP contribution >= 0.6 is 0 Å². The number of methoxy groups -OCH3 is 1. The largest absolute Gasteiger partial charge is 0.497 e. The summed E-state index contributed by atoms with van der Waals surface area (Å²) in [6.45, 7) is 0.227. The predicted octanol–water partition coefficient (Wildman–Crippen LogP) is 2.22. The molecule has 112 valence electrons. The molecular formula is C15H18N2O3S. The first-order chi connectivity index (χ1) is 10.1. The van der Waals surface area contributed by atoms with E-state index < -0.39 is 10.0 Å². The maximum atomic E-state index is 12.3. The molecule has 0 aliphatic heterocycles. The number of rotatable bonds is 6. The summed E-state index contributed by atoms with van der Waals surface area (Å²) in [5.41, 5.74) is 1.43. The van der Waals surface area contributed by atoms with E-state index in [1.165, 1.54) is 0 Å². The zero-order valence-electron chi connectivity index (χ0n) is 12.0. The van der Waals surface area contributed by atoms with Gasteiger partial charge in [0.2, 0.25) is 10.0 Å². The molecule has 6 heteroatoms. The van der Waals surface area contributed by atoms with Crippen LogP contribution < -0.4 is 14.8 Å². The van der Waals surface area contributed by atoms with E-state index in [4.69, 9.17) is 4.74 Å². The van der Waals surface area contributed by atoms with Crippen LogP contribution in [0, 0.1) is 0 Å². The molecule has 2 N–H and O–H groups in total. The van der Waals surface area contributed by atoms with Gasteiger partial charge in [-0.2, -0.15) is 0 Å². The highest BCUT2D eigenvalue weighted by Crippen LogP contribution is 2.20. The van der Waals surface area contributed by atoms with Crippen molar-refractivity contribution in [2.75, 3.05) is 19.5 Å². The van der Waals surface area contributed by atoms with Crippen LogP contribution in [0.1, 0.15) is 5.56 Å². The van der Waals surface area contributed by atoms with Gasteiger partial charge in [0.1, 0.15) is 10.6 Å². The van der Waals surface area contributed by atoms with E-state index in [-0.39, 0.29) is 11.4 Å². The standard InChI is InChI=1S/C15H18N2O3S/c1-16-14-5-3-4-6-15(14)21(18,19)17-11-12-7-9-13(20-2)10-8-12/h3-10,16-17H,11H2,1-2H3. The van der Waals surface area contributed by atoms with Crippen LogP contribution in [-0.4, -0.2) is 22.6 Å². The molecule has 0 radical (unpaired) electrons. The van der Waals surface area contributed by atoms with Crippen molar-refractivity contribution < 1.29 is 13.2 Å². The van der Waals surface area contributed by atoms with Crippen LogP contribution in [0.25, 0.3) is 0 Å². The number of ether oxygens (including phenoxy) is 1. The molecule has 2 rings (SSSR count). The highest BCUT2D eigenvalue weighted by atomic mass is 32.2. The van der Waals surface area contributed by atoms with Crippen LogP contribution in [-0.2, 0) is 16.6 Å². The molecule has 21 heavy (non-hydrogen) atoms. The lowest BCUT2D eigenvalue weighted by atomic mass is 10.2. The first-order valence-electron chi connectivity index (χ1n) is 6.46. The van der Waals surface area contributed by atoms with Crippen LogP contribution in [0.15, 0.2) is 53.4 Å². The zero-order chi connectivity index (χ0) is 15.3. The van der Waals surface area contributed by atoms with Gasteiger partial charge in [0.15, 0.2) is 0 Å². The van der Waals surface area contributed by atoms with E-state index in [0.717, 1.165) is 11.3 Å². The molecule has 0 heterocycles. The summed E-state index contributed by atoms with van der Waals surface area (Å²) in [4.78, 5) is 0.237. The quantitative estimate of drug-likeness (QED) is 0.858.